The maximum absolute atomic E-state index is 12.6. The van der Waals surface area contributed by atoms with Gasteiger partial charge >= 0.3 is 0 Å². The van der Waals surface area contributed by atoms with Crippen LogP contribution in [0, 0.1) is 25.2 Å². The topological polar surface area (TPSA) is 68.7 Å². The average Bonchev–Trinajstić information content (AvgIpc) is 2.83. The molecular formula is C18H15N3O. The Kier molecular flexibility index (Phi) is 3.40. The van der Waals surface area contributed by atoms with Gasteiger partial charge in [-0.1, -0.05) is 11.6 Å². The highest BCUT2D eigenvalue weighted by molar-refractivity contribution is 6.14. The van der Waals surface area contributed by atoms with E-state index in [1.165, 1.54) is 0 Å². The quantitative estimate of drug-likeness (QED) is 0.751. The third-order valence-electron chi connectivity index (χ3n) is 3.64. The Bertz CT molecular complexity index is 898. The minimum Gasteiger partial charge on any atom is -0.358 e. The average molecular weight is 289 g/mol. The number of carbonyl (C=O) groups is 1. The summed E-state index contributed by atoms with van der Waals surface area (Å²) in [4.78, 5) is 15.8. The maximum atomic E-state index is 12.6. The molecule has 0 spiro atoms. The van der Waals surface area contributed by atoms with Crippen molar-refractivity contribution in [2.24, 2.45) is 0 Å². The second kappa shape index (κ2) is 5.38. The summed E-state index contributed by atoms with van der Waals surface area (Å²) in [5.74, 6) is -0.154. The van der Waals surface area contributed by atoms with Gasteiger partial charge in [0.1, 0.15) is 0 Å². The molecule has 1 aromatic heterocycles. The molecule has 4 nitrogen and oxygen atoms in total. The van der Waals surface area contributed by atoms with E-state index in [9.17, 15) is 4.79 Å². The summed E-state index contributed by atoms with van der Waals surface area (Å²) < 4.78 is 0. The molecule has 0 saturated heterocycles. The third-order valence-corrected chi connectivity index (χ3v) is 3.64. The summed E-state index contributed by atoms with van der Waals surface area (Å²) in [5, 5.41) is 12.6. The molecule has 3 rings (SSSR count). The molecule has 108 valence electrons. The zero-order valence-corrected chi connectivity index (χ0v) is 12.4. The number of amides is 1. The predicted molar refractivity (Wildman–Crippen MR) is 86.9 cm³/mol. The molecule has 0 aliphatic rings. The number of nitrogens with zero attached hydrogens (tertiary/aromatic N) is 1. The van der Waals surface area contributed by atoms with E-state index in [-0.39, 0.29) is 5.91 Å². The summed E-state index contributed by atoms with van der Waals surface area (Å²) in [7, 11) is 0. The van der Waals surface area contributed by atoms with Crippen molar-refractivity contribution in [1.82, 2.24) is 4.98 Å². The van der Waals surface area contributed by atoms with Crippen molar-refractivity contribution in [3.63, 3.8) is 0 Å². The van der Waals surface area contributed by atoms with Gasteiger partial charge in [-0.2, -0.15) is 5.26 Å². The van der Waals surface area contributed by atoms with Gasteiger partial charge in [0.05, 0.1) is 17.2 Å². The van der Waals surface area contributed by atoms with Crippen molar-refractivity contribution < 1.29 is 4.79 Å². The fourth-order valence-electron chi connectivity index (χ4n) is 2.55. The molecule has 22 heavy (non-hydrogen) atoms. The van der Waals surface area contributed by atoms with E-state index in [1.54, 1.807) is 24.3 Å². The van der Waals surface area contributed by atoms with E-state index in [4.69, 9.17) is 5.26 Å². The van der Waals surface area contributed by atoms with Crippen molar-refractivity contribution in [2.45, 2.75) is 13.8 Å². The first-order valence-corrected chi connectivity index (χ1v) is 6.99. The molecule has 4 heteroatoms. The van der Waals surface area contributed by atoms with Crippen molar-refractivity contribution in [3.8, 4) is 6.07 Å². The van der Waals surface area contributed by atoms with Gasteiger partial charge < -0.3 is 10.3 Å². The summed E-state index contributed by atoms with van der Waals surface area (Å²) in [6.07, 6.45) is 0. The predicted octanol–water partition coefficient (Wildman–Crippen LogP) is 3.91. The molecule has 0 aliphatic carbocycles. The van der Waals surface area contributed by atoms with Crippen LogP contribution in [-0.4, -0.2) is 10.9 Å². The van der Waals surface area contributed by atoms with Crippen molar-refractivity contribution in [1.29, 1.82) is 5.26 Å². The van der Waals surface area contributed by atoms with Gasteiger partial charge in [-0.15, -0.1) is 0 Å². The van der Waals surface area contributed by atoms with E-state index in [2.05, 4.69) is 16.4 Å². The van der Waals surface area contributed by atoms with Gasteiger partial charge in [-0.25, -0.2) is 0 Å². The zero-order valence-electron chi connectivity index (χ0n) is 12.4. The van der Waals surface area contributed by atoms with Crippen LogP contribution < -0.4 is 5.32 Å². The smallest absolute Gasteiger partial charge is 0.258 e. The molecule has 2 aromatic carbocycles. The molecule has 2 N–H and O–H groups in total. The number of benzene rings is 2. The molecule has 1 heterocycles. The monoisotopic (exact) mass is 289 g/mol. The largest absolute Gasteiger partial charge is 0.358 e. The molecule has 0 atom stereocenters. The van der Waals surface area contributed by atoms with Crippen molar-refractivity contribution in [2.75, 3.05) is 5.32 Å². The van der Waals surface area contributed by atoms with Crippen molar-refractivity contribution >= 4 is 22.5 Å². The molecule has 0 unspecified atom stereocenters. The highest BCUT2D eigenvalue weighted by Crippen LogP contribution is 2.24. The number of aryl methyl sites for hydroxylation is 2. The van der Waals surface area contributed by atoms with Gasteiger partial charge in [0.25, 0.3) is 5.91 Å². The van der Waals surface area contributed by atoms with Crippen LogP contribution in [0.2, 0.25) is 0 Å². The number of carbonyl (C=O) groups excluding carboxylic acids is 1. The first-order valence-electron chi connectivity index (χ1n) is 6.99. The molecule has 0 fully saturated rings. The van der Waals surface area contributed by atoms with Crippen LogP contribution in [0.5, 0.6) is 0 Å². The Morgan fingerprint density at radius 3 is 2.55 bits per heavy atom. The number of hydrogen-bond donors (Lipinski definition) is 2. The highest BCUT2D eigenvalue weighted by atomic mass is 16.1. The standard InChI is InChI=1S/C18H15N3O/c1-11-3-8-16-15(9-11)17(12(2)20-16)18(22)21-14-6-4-13(10-19)5-7-14/h3-9,20H,1-2H3,(H,21,22). The van der Waals surface area contributed by atoms with Crippen LogP contribution in [0.25, 0.3) is 10.9 Å². The lowest BCUT2D eigenvalue weighted by Crippen LogP contribution is -2.12. The molecule has 0 aliphatic heterocycles. The van der Waals surface area contributed by atoms with Crippen LogP contribution in [0.1, 0.15) is 27.2 Å². The molecular weight excluding hydrogens is 274 g/mol. The normalized spacial score (nSPS) is 10.4. The molecule has 0 bridgehead atoms. The number of hydrogen-bond acceptors (Lipinski definition) is 2. The molecule has 3 aromatic rings. The number of nitriles is 1. The number of rotatable bonds is 2. The van der Waals surface area contributed by atoms with Gasteiger partial charge in [-0.3, -0.25) is 4.79 Å². The Morgan fingerprint density at radius 2 is 1.86 bits per heavy atom. The van der Waals surface area contributed by atoms with E-state index in [0.29, 0.717) is 16.8 Å². The first-order chi connectivity index (χ1) is 10.6. The van der Waals surface area contributed by atoms with E-state index < -0.39 is 0 Å². The lowest BCUT2D eigenvalue weighted by atomic mass is 10.1. The van der Waals surface area contributed by atoms with Crippen LogP contribution in [-0.2, 0) is 0 Å². The summed E-state index contributed by atoms with van der Waals surface area (Å²) in [5.41, 5.74) is 4.80. The first kappa shape index (κ1) is 13.9. The van der Waals surface area contributed by atoms with Gasteiger partial charge in [-0.05, 0) is 50.2 Å². The number of nitrogens with one attached hydrogen (secondary N) is 2. The summed E-state index contributed by atoms with van der Waals surface area (Å²) in [6, 6.07) is 14.9. The molecule has 0 saturated carbocycles. The number of aromatic nitrogens is 1. The molecule has 0 radical (unpaired) electrons. The Balaban J connectivity index is 1.96. The fraction of sp³-hybridized carbons (Fsp3) is 0.111. The van der Waals surface area contributed by atoms with Gasteiger partial charge in [0.2, 0.25) is 0 Å². The van der Waals surface area contributed by atoms with E-state index in [0.717, 1.165) is 22.2 Å². The van der Waals surface area contributed by atoms with Crippen LogP contribution in [0.15, 0.2) is 42.5 Å². The van der Waals surface area contributed by atoms with Crippen LogP contribution >= 0.6 is 0 Å². The van der Waals surface area contributed by atoms with E-state index in [1.807, 2.05) is 32.0 Å². The summed E-state index contributed by atoms with van der Waals surface area (Å²) in [6.45, 7) is 3.90. The van der Waals surface area contributed by atoms with Crippen molar-refractivity contribution in [3.05, 3.63) is 64.8 Å². The zero-order chi connectivity index (χ0) is 15.7. The Morgan fingerprint density at radius 1 is 1.14 bits per heavy atom. The maximum Gasteiger partial charge on any atom is 0.258 e. The Labute approximate surface area is 128 Å². The second-order valence-corrected chi connectivity index (χ2v) is 5.32. The lowest BCUT2D eigenvalue weighted by Gasteiger charge is -2.06. The Hall–Kier alpha value is -3.06. The number of anilines is 1. The van der Waals surface area contributed by atoms with Crippen LogP contribution in [0.4, 0.5) is 5.69 Å². The number of aromatic amines is 1. The SMILES string of the molecule is Cc1ccc2[nH]c(C)c(C(=O)Nc3ccc(C#N)cc3)c2c1. The molecule has 1 amide bonds. The number of fused-ring (bicyclic) bond motifs is 1. The lowest BCUT2D eigenvalue weighted by molar-refractivity contribution is 0.102. The third kappa shape index (κ3) is 2.45. The van der Waals surface area contributed by atoms with Gasteiger partial charge in [0, 0.05) is 22.3 Å². The number of H-pyrrole nitrogens is 1. The fourth-order valence-corrected chi connectivity index (χ4v) is 2.55. The second-order valence-electron chi connectivity index (χ2n) is 5.32. The minimum atomic E-state index is -0.154. The summed E-state index contributed by atoms with van der Waals surface area (Å²) >= 11 is 0. The minimum absolute atomic E-state index is 0.154. The highest BCUT2D eigenvalue weighted by Gasteiger charge is 2.16. The van der Waals surface area contributed by atoms with E-state index >= 15 is 0 Å². The van der Waals surface area contributed by atoms with Gasteiger partial charge in [0.15, 0.2) is 0 Å². The van der Waals surface area contributed by atoms with Crippen LogP contribution in [0.3, 0.4) is 0 Å².